The van der Waals surface area contributed by atoms with Gasteiger partial charge >= 0.3 is 0 Å². The van der Waals surface area contributed by atoms with Crippen molar-refractivity contribution < 1.29 is 4.74 Å². The highest BCUT2D eigenvalue weighted by atomic mass is 16.5. The molecule has 1 aliphatic carbocycles. The lowest BCUT2D eigenvalue weighted by Crippen LogP contribution is -2.49. The molecule has 0 aromatic heterocycles. The van der Waals surface area contributed by atoms with E-state index in [9.17, 15) is 0 Å². The third-order valence-corrected chi connectivity index (χ3v) is 3.90. The van der Waals surface area contributed by atoms with E-state index < -0.39 is 0 Å². The normalized spacial score (nSPS) is 23.8. The van der Waals surface area contributed by atoms with Crippen LogP contribution in [-0.4, -0.2) is 19.3 Å². The van der Waals surface area contributed by atoms with Crippen LogP contribution >= 0.6 is 0 Å². The summed E-state index contributed by atoms with van der Waals surface area (Å²) >= 11 is 0. The monoisotopic (exact) mass is 227 g/mol. The fourth-order valence-electron chi connectivity index (χ4n) is 3.03. The van der Waals surface area contributed by atoms with E-state index in [0.29, 0.717) is 5.92 Å². The SMILES string of the molecule is COC(C(N)C1CCCCCC1)C(C)(C)C. The van der Waals surface area contributed by atoms with Gasteiger partial charge in [0.1, 0.15) is 0 Å². The maximum absolute atomic E-state index is 6.43. The second-order valence-corrected chi connectivity index (χ2v) is 6.35. The molecule has 0 amide bonds. The van der Waals surface area contributed by atoms with E-state index in [0.717, 1.165) is 0 Å². The molecule has 0 bridgehead atoms. The molecule has 2 nitrogen and oxygen atoms in total. The zero-order valence-corrected chi connectivity index (χ0v) is 11.5. The largest absolute Gasteiger partial charge is 0.379 e. The van der Waals surface area contributed by atoms with Crippen LogP contribution in [0.1, 0.15) is 59.3 Å². The molecule has 2 heteroatoms. The Hall–Kier alpha value is -0.0800. The molecule has 1 aliphatic rings. The molecule has 1 fully saturated rings. The molecule has 2 unspecified atom stereocenters. The Morgan fingerprint density at radius 1 is 1.06 bits per heavy atom. The van der Waals surface area contributed by atoms with E-state index in [1.165, 1.54) is 38.5 Å². The molecule has 0 aromatic rings. The highest BCUT2D eigenvalue weighted by molar-refractivity contribution is 4.89. The van der Waals surface area contributed by atoms with Gasteiger partial charge in [0.2, 0.25) is 0 Å². The topological polar surface area (TPSA) is 35.2 Å². The van der Waals surface area contributed by atoms with Crippen LogP contribution in [-0.2, 0) is 4.74 Å². The van der Waals surface area contributed by atoms with Crippen molar-refractivity contribution in [2.45, 2.75) is 71.4 Å². The van der Waals surface area contributed by atoms with Gasteiger partial charge in [0, 0.05) is 13.2 Å². The lowest BCUT2D eigenvalue weighted by molar-refractivity contribution is -0.0174. The van der Waals surface area contributed by atoms with Crippen LogP contribution in [0.5, 0.6) is 0 Å². The number of methoxy groups -OCH3 is 1. The Kier molecular flexibility index (Phi) is 5.26. The summed E-state index contributed by atoms with van der Waals surface area (Å²) in [4.78, 5) is 0. The Bertz CT molecular complexity index is 189. The maximum Gasteiger partial charge on any atom is 0.0772 e. The molecule has 96 valence electrons. The molecule has 0 saturated heterocycles. The van der Waals surface area contributed by atoms with Gasteiger partial charge in [0.15, 0.2) is 0 Å². The van der Waals surface area contributed by atoms with Gasteiger partial charge in [-0.25, -0.2) is 0 Å². The van der Waals surface area contributed by atoms with Crippen molar-refractivity contribution in [3.63, 3.8) is 0 Å². The van der Waals surface area contributed by atoms with Crippen LogP contribution in [0.15, 0.2) is 0 Å². The predicted molar refractivity (Wildman–Crippen MR) is 69.4 cm³/mol. The fraction of sp³-hybridized carbons (Fsp3) is 1.00. The third-order valence-electron chi connectivity index (χ3n) is 3.90. The average Bonchev–Trinajstić information content (AvgIpc) is 2.44. The van der Waals surface area contributed by atoms with Crippen LogP contribution in [0.2, 0.25) is 0 Å². The quantitative estimate of drug-likeness (QED) is 0.750. The molecule has 16 heavy (non-hydrogen) atoms. The first-order valence-corrected chi connectivity index (χ1v) is 6.75. The maximum atomic E-state index is 6.43. The highest BCUT2D eigenvalue weighted by Crippen LogP contribution is 2.32. The van der Waals surface area contributed by atoms with Crippen LogP contribution in [0.3, 0.4) is 0 Å². The summed E-state index contributed by atoms with van der Waals surface area (Å²) in [6, 6.07) is 0.197. The lowest BCUT2D eigenvalue weighted by atomic mass is 9.78. The van der Waals surface area contributed by atoms with Gasteiger partial charge in [-0.05, 0) is 24.2 Å². The van der Waals surface area contributed by atoms with E-state index in [2.05, 4.69) is 20.8 Å². The Morgan fingerprint density at radius 2 is 1.56 bits per heavy atom. The van der Waals surface area contributed by atoms with Crippen molar-refractivity contribution in [3.8, 4) is 0 Å². The third kappa shape index (κ3) is 3.74. The molecule has 0 heterocycles. The van der Waals surface area contributed by atoms with Gasteiger partial charge in [0.25, 0.3) is 0 Å². The number of hydrogen-bond donors (Lipinski definition) is 1. The number of nitrogens with two attached hydrogens (primary N) is 1. The molecule has 0 spiro atoms. The van der Waals surface area contributed by atoms with Crippen molar-refractivity contribution >= 4 is 0 Å². The first-order valence-electron chi connectivity index (χ1n) is 6.75. The van der Waals surface area contributed by atoms with E-state index in [-0.39, 0.29) is 17.6 Å². The van der Waals surface area contributed by atoms with E-state index in [1.807, 2.05) is 0 Å². The zero-order chi connectivity index (χ0) is 12.2. The van der Waals surface area contributed by atoms with Crippen LogP contribution in [0.4, 0.5) is 0 Å². The molecule has 1 rings (SSSR count). The van der Waals surface area contributed by atoms with Crippen molar-refractivity contribution in [3.05, 3.63) is 0 Å². The molecule has 0 radical (unpaired) electrons. The second-order valence-electron chi connectivity index (χ2n) is 6.35. The lowest BCUT2D eigenvalue weighted by Gasteiger charge is -2.37. The van der Waals surface area contributed by atoms with Crippen molar-refractivity contribution in [1.82, 2.24) is 0 Å². The van der Waals surface area contributed by atoms with E-state index in [1.54, 1.807) is 7.11 Å². The smallest absolute Gasteiger partial charge is 0.0772 e. The van der Waals surface area contributed by atoms with Gasteiger partial charge in [-0.3, -0.25) is 0 Å². The second kappa shape index (κ2) is 6.02. The van der Waals surface area contributed by atoms with E-state index >= 15 is 0 Å². The first-order chi connectivity index (χ1) is 7.46. The van der Waals surface area contributed by atoms with Gasteiger partial charge in [-0.15, -0.1) is 0 Å². The molecular formula is C14H29NO. The first kappa shape index (κ1) is 14.0. The summed E-state index contributed by atoms with van der Waals surface area (Å²) in [6.45, 7) is 6.66. The van der Waals surface area contributed by atoms with Crippen molar-refractivity contribution in [2.24, 2.45) is 17.1 Å². The zero-order valence-electron chi connectivity index (χ0n) is 11.5. The minimum Gasteiger partial charge on any atom is -0.379 e. The summed E-state index contributed by atoms with van der Waals surface area (Å²) in [5, 5.41) is 0. The molecule has 0 aliphatic heterocycles. The Morgan fingerprint density at radius 3 is 1.94 bits per heavy atom. The Labute approximate surface area is 101 Å². The van der Waals surface area contributed by atoms with Crippen LogP contribution < -0.4 is 5.73 Å². The van der Waals surface area contributed by atoms with Crippen molar-refractivity contribution in [2.75, 3.05) is 7.11 Å². The fourth-order valence-corrected chi connectivity index (χ4v) is 3.03. The molecule has 2 atom stereocenters. The van der Waals surface area contributed by atoms with Gasteiger partial charge in [0.05, 0.1) is 6.10 Å². The van der Waals surface area contributed by atoms with Crippen LogP contribution in [0, 0.1) is 11.3 Å². The van der Waals surface area contributed by atoms with Gasteiger partial charge < -0.3 is 10.5 Å². The summed E-state index contributed by atoms with van der Waals surface area (Å²) in [7, 11) is 1.80. The molecule has 0 aromatic carbocycles. The highest BCUT2D eigenvalue weighted by Gasteiger charge is 2.34. The average molecular weight is 227 g/mol. The summed E-state index contributed by atoms with van der Waals surface area (Å²) < 4.78 is 5.65. The number of rotatable bonds is 3. The standard InChI is InChI=1S/C14H29NO/c1-14(2,3)13(16-4)12(15)11-9-7-5-6-8-10-11/h11-13H,5-10,15H2,1-4H3. The minimum atomic E-state index is 0.139. The summed E-state index contributed by atoms with van der Waals surface area (Å²) in [5.41, 5.74) is 6.57. The number of hydrogen-bond acceptors (Lipinski definition) is 2. The minimum absolute atomic E-state index is 0.139. The number of ether oxygens (including phenoxy) is 1. The molecule has 1 saturated carbocycles. The summed E-state index contributed by atoms with van der Waals surface area (Å²) in [6.07, 6.45) is 8.22. The molecular weight excluding hydrogens is 198 g/mol. The van der Waals surface area contributed by atoms with Crippen LogP contribution in [0.25, 0.3) is 0 Å². The predicted octanol–water partition coefficient (Wildman–Crippen LogP) is 3.35. The Balaban J connectivity index is 2.62. The van der Waals surface area contributed by atoms with E-state index in [4.69, 9.17) is 10.5 Å². The van der Waals surface area contributed by atoms with Gasteiger partial charge in [-0.1, -0.05) is 46.5 Å². The van der Waals surface area contributed by atoms with Crippen molar-refractivity contribution in [1.29, 1.82) is 0 Å². The van der Waals surface area contributed by atoms with Gasteiger partial charge in [-0.2, -0.15) is 0 Å². The summed E-state index contributed by atoms with van der Waals surface area (Å²) in [5.74, 6) is 0.659. The molecule has 2 N–H and O–H groups in total.